The highest BCUT2D eigenvalue weighted by molar-refractivity contribution is 7.13. The summed E-state index contributed by atoms with van der Waals surface area (Å²) in [6, 6.07) is 9.97. The zero-order valence-electron chi connectivity index (χ0n) is 12.6. The second-order valence-electron chi connectivity index (χ2n) is 5.68. The first kappa shape index (κ1) is 15.7. The summed E-state index contributed by atoms with van der Waals surface area (Å²) in [5.41, 5.74) is 2.03. The van der Waals surface area contributed by atoms with Gasteiger partial charge in [-0.1, -0.05) is 30.3 Å². The molecule has 2 N–H and O–H groups in total. The molecule has 6 heteroatoms. The lowest BCUT2D eigenvalue weighted by Gasteiger charge is -2.31. The molecule has 0 spiro atoms. The zero-order valence-corrected chi connectivity index (χ0v) is 13.4. The molecule has 1 amide bonds. The smallest absolute Gasteiger partial charge is 0.307 e. The molecule has 1 fully saturated rings. The van der Waals surface area contributed by atoms with Gasteiger partial charge in [0.05, 0.1) is 17.5 Å². The van der Waals surface area contributed by atoms with Crippen LogP contribution >= 0.6 is 11.3 Å². The molecule has 1 aliphatic carbocycles. The molecule has 23 heavy (non-hydrogen) atoms. The largest absolute Gasteiger partial charge is 0.481 e. The molecule has 120 valence electrons. The highest BCUT2D eigenvalue weighted by Gasteiger charge is 2.41. The third-order valence-electron chi connectivity index (χ3n) is 4.18. The maximum Gasteiger partial charge on any atom is 0.307 e. The molecule has 0 radical (unpaired) electrons. The van der Waals surface area contributed by atoms with E-state index in [2.05, 4.69) is 10.3 Å². The lowest BCUT2D eigenvalue weighted by atomic mass is 9.73. The SMILES string of the molecule is O=C(O)C1CCC1C(=O)NCCc1csc(-c2ccccc2)n1. The molecule has 1 aromatic heterocycles. The summed E-state index contributed by atoms with van der Waals surface area (Å²) in [6.07, 6.45) is 1.91. The van der Waals surface area contributed by atoms with E-state index in [4.69, 9.17) is 5.11 Å². The Bertz CT molecular complexity index is 699. The molecule has 3 rings (SSSR count). The highest BCUT2D eigenvalue weighted by Crippen LogP contribution is 2.34. The van der Waals surface area contributed by atoms with Gasteiger partial charge in [0.1, 0.15) is 5.01 Å². The summed E-state index contributed by atoms with van der Waals surface area (Å²) in [7, 11) is 0. The number of rotatable bonds is 6. The van der Waals surface area contributed by atoms with Gasteiger partial charge in [0.2, 0.25) is 5.91 Å². The van der Waals surface area contributed by atoms with E-state index in [9.17, 15) is 9.59 Å². The Kier molecular flexibility index (Phi) is 4.71. The Balaban J connectivity index is 1.49. The topological polar surface area (TPSA) is 79.3 Å². The Morgan fingerprint density at radius 1 is 1.22 bits per heavy atom. The summed E-state index contributed by atoms with van der Waals surface area (Å²) < 4.78 is 0. The Hall–Kier alpha value is -2.21. The number of carbonyl (C=O) groups is 2. The lowest BCUT2D eigenvalue weighted by molar-refractivity contribution is -0.152. The first-order valence-corrected chi connectivity index (χ1v) is 8.53. The van der Waals surface area contributed by atoms with E-state index >= 15 is 0 Å². The predicted octanol–water partition coefficient (Wildman–Crippen LogP) is 2.58. The van der Waals surface area contributed by atoms with Crippen molar-refractivity contribution in [2.24, 2.45) is 11.8 Å². The van der Waals surface area contributed by atoms with E-state index in [-0.39, 0.29) is 11.8 Å². The van der Waals surface area contributed by atoms with E-state index in [1.165, 1.54) is 0 Å². The average Bonchev–Trinajstić information content (AvgIpc) is 2.95. The maximum absolute atomic E-state index is 12.0. The number of nitrogens with one attached hydrogen (secondary N) is 1. The van der Waals surface area contributed by atoms with Crippen LogP contribution in [0.15, 0.2) is 35.7 Å². The molecule has 1 heterocycles. The van der Waals surface area contributed by atoms with Gasteiger partial charge in [-0.05, 0) is 12.8 Å². The second-order valence-corrected chi connectivity index (χ2v) is 6.54. The molecule has 0 saturated heterocycles. The Morgan fingerprint density at radius 2 is 1.96 bits per heavy atom. The third-order valence-corrected chi connectivity index (χ3v) is 5.12. The third kappa shape index (κ3) is 3.59. The first-order valence-electron chi connectivity index (χ1n) is 7.65. The molecule has 2 unspecified atom stereocenters. The van der Waals surface area contributed by atoms with Crippen LogP contribution in [-0.2, 0) is 16.0 Å². The van der Waals surface area contributed by atoms with Gasteiger partial charge in [-0.15, -0.1) is 11.3 Å². The second kappa shape index (κ2) is 6.91. The predicted molar refractivity (Wildman–Crippen MR) is 88.1 cm³/mol. The van der Waals surface area contributed by atoms with Crippen LogP contribution in [0.2, 0.25) is 0 Å². The summed E-state index contributed by atoms with van der Waals surface area (Å²) in [4.78, 5) is 27.5. The molecule has 1 saturated carbocycles. The van der Waals surface area contributed by atoms with Gasteiger partial charge in [-0.2, -0.15) is 0 Å². The van der Waals surface area contributed by atoms with Crippen LogP contribution in [0.4, 0.5) is 0 Å². The van der Waals surface area contributed by atoms with Gasteiger partial charge in [-0.25, -0.2) is 4.98 Å². The molecular weight excluding hydrogens is 312 g/mol. The van der Waals surface area contributed by atoms with Crippen molar-refractivity contribution in [2.45, 2.75) is 19.3 Å². The van der Waals surface area contributed by atoms with Crippen LogP contribution in [0, 0.1) is 11.8 Å². The number of benzene rings is 1. The standard InChI is InChI=1S/C17H18N2O3S/c20-15(13-6-7-14(13)17(21)22)18-9-8-12-10-23-16(19-12)11-4-2-1-3-5-11/h1-5,10,13-14H,6-9H2,(H,18,20)(H,21,22). The summed E-state index contributed by atoms with van der Waals surface area (Å²) in [5, 5.41) is 14.8. The number of amides is 1. The van der Waals surface area contributed by atoms with Crippen molar-refractivity contribution in [3.63, 3.8) is 0 Å². The minimum atomic E-state index is -0.872. The minimum absolute atomic E-state index is 0.151. The van der Waals surface area contributed by atoms with E-state index in [1.807, 2.05) is 35.7 Å². The van der Waals surface area contributed by atoms with Gasteiger partial charge in [0.25, 0.3) is 0 Å². The van der Waals surface area contributed by atoms with E-state index in [1.54, 1.807) is 11.3 Å². The number of thiazole rings is 1. The van der Waals surface area contributed by atoms with Crippen LogP contribution < -0.4 is 5.32 Å². The van der Waals surface area contributed by atoms with E-state index in [0.717, 1.165) is 16.3 Å². The fourth-order valence-corrected chi connectivity index (χ4v) is 3.55. The summed E-state index contributed by atoms with van der Waals surface area (Å²) in [5.74, 6) is -1.91. The number of carbonyl (C=O) groups excluding carboxylic acids is 1. The van der Waals surface area contributed by atoms with Gasteiger partial charge in [0.15, 0.2) is 0 Å². The van der Waals surface area contributed by atoms with Crippen LogP contribution in [0.5, 0.6) is 0 Å². The summed E-state index contributed by atoms with van der Waals surface area (Å²) >= 11 is 1.59. The van der Waals surface area contributed by atoms with Crippen LogP contribution in [0.3, 0.4) is 0 Å². The van der Waals surface area contributed by atoms with Gasteiger partial charge < -0.3 is 10.4 Å². The lowest BCUT2D eigenvalue weighted by Crippen LogP contribution is -2.44. The minimum Gasteiger partial charge on any atom is -0.481 e. The molecule has 5 nitrogen and oxygen atoms in total. The van der Waals surface area contributed by atoms with Crippen molar-refractivity contribution in [2.75, 3.05) is 6.54 Å². The summed E-state index contributed by atoms with van der Waals surface area (Å²) in [6.45, 7) is 0.486. The van der Waals surface area contributed by atoms with Gasteiger partial charge in [0, 0.05) is 23.9 Å². The zero-order chi connectivity index (χ0) is 16.2. The molecular formula is C17H18N2O3S. The number of aromatic nitrogens is 1. The monoisotopic (exact) mass is 330 g/mol. The molecule has 2 atom stereocenters. The quantitative estimate of drug-likeness (QED) is 0.853. The number of nitrogens with zero attached hydrogens (tertiary/aromatic N) is 1. The number of hydrogen-bond donors (Lipinski definition) is 2. The van der Waals surface area contributed by atoms with Crippen molar-refractivity contribution in [3.05, 3.63) is 41.4 Å². The number of carboxylic acid groups (broad SMARTS) is 1. The maximum atomic E-state index is 12.0. The number of hydrogen-bond acceptors (Lipinski definition) is 4. The Labute approximate surface area is 138 Å². The van der Waals surface area contributed by atoms with Crippen LogP contribution in [-0.4, -0.2) is 28.5 Å². The van der Waals surface area contributed by atoms with Crippen LogP contribution in [0.1, 0.15) is 18.5 Å². The average molecular weight is 330 g/mol. The Morgan fingerprint density at radius 3 is 2.61 bits per heavy atom. The molecule has 1 aromatic carbocycles. The van der Waals surface area contributed by atoms with Crippen molar-refractivity contribution in [1.29, 1.82) is 0 Å². The van der Waals surface area contributed by atoms with Crippen LogP contribution in [0.25, 0.3) is 10.6 Å². The van der Waals surface area contributed by atoms with E-state index < -0.39 is 11.9 Å². The molecule has 2 aromatic rings. The highest BCUT2D eigenvalue weighted by atomic mass is 32.1. The number of aliphatic carboxylic acids is 1. The fraction of sp³-hybridized carbons (Fsp3) is 0.353. The van der Waals surface area contributed by atoms with Crippen molar-refractivity contribution < 1.29 is 14.7 Å². The van der Waals surface area contributed by atoms with Crippen molar-refractivity contribution in [3.8, 4) is 10.6 Å². The molecule has 1 aliphatic rings. The van der Waals surface area contributed by atoms with Crippen molar-refractivity contribution >= 4 is 23.2 Å². The van der Waals surface area contributed by atoms with Crippen molar-refractivity contribution in [1.82, 2.24) is 10.3 Å². The molecule has 0 aliphatic heterocycles. The van der Waals surface area contributed by atoms with E-state index in [0.29, 0.717) is 25.8 Å². The molecule has 0 bridgehead atoms. The normalized spacial score (nSPS) is 19.8. The van der Waals surface area contributed by atoms with Gasteiger partial charge in [-0.3, -0.25) is 9.59 Å². The first-order chi connectivity index (χ1) is 11.1. The fourth-order valence-electron chi connectivity index (χ4n) is 2.69. The number of carboxylic acids is 1. The van der Waals surface area contributed by atoms with Gasteiger partial charge >= 0.3 is 5.97 Å².